The monoisotopic (exact) mass is 323 g/mol. The number of ether oxygens (including phenoxy) is 2. The summed E-state index contributed by atoms with van der Waals surface area (Å²) in [5.74, 6) is -0.393. The molecular weight excluding hydrogens is 298 g/mol. The number of carboxylic acid groups (broad SMARTS) is 1. The average Bonchev–Trinajstić information content (AvgIpc) is 2.48. The van der Waals surface area contributed by atoms with Gasteiger partial charge in [-0.05, 0) is 30.4 Å². The number of benzene rings is 1. The van der Waals surface area contributed by atoms with Crippen LogP contribution in [0.1, 0.15) is 33.6 Å². The van der Waals surface area contributed by atoms with Gasteiger partial charge in [-0.3, -0.25) is 4.79 Å². The highest BCUT2D eigenvalue weighted by Gasteiger charge is 2.22. The Labute approximate surface area is 136 Å². The van der Waals surface area contributed by atoms with Crippen LogP contribution < -0.4 is 14.8 Å². The van der Waals surface area contributed by atoms with Gasteiger partial charge in [0, 0.05) is 6.07 Å². The number of hydrogen-bond donors (Lipinski definition) is 2. The molecule has 2 N–H and O–H groups in total. The van der Waals surface area contributed by atoms with Gasteiger partial charge in [-0.15, -0.1) is 0 Å². The Morgan fingerprint density at radius 1 is 1.26 bits per heavy atom. The molecular formula is C17H25NO5. The van der Waals surface area contributed by atoms with Crippen molar-refractivity contribution in [3.05, 3.63) is 24.3 Å². The van der Waals surface area contributed by atoms with Gasteiger partial charge in [0.25, 0.3) is 5.91 Å². The van der Waals surface area contributed by atoms with Gasteiger partial charge >= 0.3 is 5.97 Å². The molecule has 0 radical (unpaired) electrons. The van der Waals surface area contributed by atoms with Crippen molar-refractivity contribution < 1.29 is 24.2 Å². The first-order valence-electron chi connectivity index (χ1n) is 7.50. The molecule has 6 heteroatoms. The zero-order chi connectivity index (χ0) is 17.5. The highest BCUT2D eigenvalue weighted by molar-refractivity contribution is 5.84. The SMILES string of the molecule is COc1cccc(OCC(=O)NC(CCC(C)(C)C)C(=O)O)c1. The number of carboxylic acids is 1. The molecule has 0 aliphatic rings. The summed E-state index contributed by atoms with van der Waals surface area (Å²) in [5.41, 5.74) is 0.00944. The summed E-state index contributed by atoms with van der Waals surface area (Å²) in [5, 5.41) is 11.7. The fourth-order valence-electron chi connectivity index (χ4n) is 1.91. The molecule has 1 unspecified atom stereocenters. The van der Waals surface area contributed by atoms with E-state index in [-0.39, 0.29) is 12.0 Å². The molecule has 1 aromatic rings. The zero-order valence-electron chi connectivity index (χ0n) is 14.1. The van der Waals surface area contributed by atoms with Crippen molar-refractivity contribution in [3.8, 4) is 11.5 Å². The molecule has 0 aliphatic carbocycles. The standard InChI is InChI=1S/C17H25NO5/c1-17(2,3)9-8-14(16(20)21)18-15(19)11-23-13-7-5-6-12(10-13)22-4/h5-7,10,14H,8-9,11H2,1-4H3,(H,18,19)(H,20,21). The van der Waals surface area contributed by atoms with Crippen LogP contribution >= 0.6 is 0 Å². The summed E-state index contributed by atoms with van der Waals surface area (Å²) in [6, 6.07) is 5.96. The normalized spacial score (nSPS) is 12.3. The maximum absolute atomic E-state index is 11.9. The predicted molar refractivity (Wildman–Crippen MR) is 86.7 cm³/mol. The first-order valence-corrected chi connectivity index (χ1v) is 7.50. The Bertz CT molecular complexity index is 536. The maximum Gasteiger partial charge on any atom is 0.326 e. The molecule has 1 amide bonds. The van der Waals surface area contributed by atoms with Gasteiger partial charge in [-0.25, -0.2) is 4.79 Å². The third kappa shape index (κ3) is 7.54. The van der Waals surface area contributed by atoms with E-state index in [0.717, 1.165) is 0 Å². The molecule has 1 aromatic carbocycles. The Morgan fingerprint density at radius 2 is 1.91 bits per heavy atom. The van der Waals surface area contributed by atoms with E-state index >= 15 is 0 Å². The van der Waals surface area contributed by atoms with E-state index in [1.54, 1.807) is 31.4 Å². The molecule has 1 atom stereocenters. The van der Waals surface area contributed by atoms with Crippen molar-refractivity contribution in [2.24, 2.45) is 5.41 Å². The summed E-state index contributed by atoms with van der Waals surface area (Å²) in [4.78, 5) is 23.1. The van der Waals surface area contributed by atoms with Gasteiger partial charge in [0.2, 0.25) is 0 Å². The largest absolute Gasteiger partial charge is 0.497 e. The Kier molecular flexibility index (Phi) is 6.88. The second-order valence-corrected chi connectivity index (χ2v) is 6.53. The zero-order valence-corrected chi connectivity index (χ0v) is 14.1. The molecule has 0 heterocycles. The first kappa shape index (κ1) is 18.8. The van der Waals surface area contributed by atoms with Crippen LogP contribution in [0.25, 0.3) is 0 Å². The highest BCUT2D eigenvalue weighted by atomic mass is 16.5. The van der Waals surface area contributed by atoms with Crippen LogP contribution in [0.2, 0.25) is 0 Å². The van der Waals surface area contributed by atoms with Gasteiger partial charge < -0.3 is 19.9 Å². The lowest BCUT2D eigenvalue weighted by Gasteiger charge is -2.21. The van der Waals surface area contributed by atoms with Gasteiger partial charge in [-0.1, -0.05) is 26.8 Å². The van der Waals surface area contributed by atoms with E-state index in [9.17, 15) is 14.7 Å². The van der Waals surface area contributed by atoms with E-state index in [2.05, 4.69) is 5.32 Å². The number of methoxy groups -OCH3 is 1. The Balaban J connectivity index is 2.50. The van der Waals surface area contributed by atoms with Crippen molar-refractivity contribution in [1.29, 1.82) is 0 Å². The quantitative estimate of drug-likeness (QED) is 0.767. The molecule has 0 spiro atoms. The third-order valence-corrected chi connectivity index (χ3v) is 3.23. The van der Waals surface area contributed by atoms with Gasteiger partial charge in [0.15, 0.2) is 6.61 Å². The van der Waals surface area contributed by atoms with Crippen molar-refractivity contribution >= 4 is 11.9 Å². The van der Waals surface area contributed by atoms with Crippen LogP contribution in [0, 0.1) is 5.41 Å². The van der Waals surface area contributed by atoms with E-state index in [1.807, 2.05) is 20.8 Å². The minimum Gasteiger partial charge on any atom is -0.497 e. The van der Waals surface area contributed by atoms with Crippen LogP contribution in [-0.4, -0.2) is 36.7 Å². The van der Waals surface area contributed by atoms with Crippen molar-refractivity contribution in [1.82, 2.24) is 5.32 Å². The lowest BCUT2D eigenvalue weighted by atomic mass is 9.88. The van der Waals surface area contributed by atoms with Gasteiger partial charge in [-0.2, -0.15) is 0 Å². The van der Waals surface area contributed by atoms with Crippen LogP contribution in [0.5, 0.6) is 11.5 Å². The summed E-state index contributed by atoms with van der Waals surface area (Å²) < 4.78 is 10.4. The number of aliphatic carboxylic acids is 1. The van der Waals surface area contributed by atoms with E-state index in [0.29, 0.717) is 24.3 Å². The minimum absolute atomic E-state index is 0.00944. The van der Waals surface area contributed by atoms with Crippen LogP contribution in [0.3, 0.4) is 0 Å². The fraction of sp³-hybridized carbons (Fsp3) is 0.529. The van der Waals surface area contributed by atoms with Crippen LogP contribution in [0.4, 0.5) is 0 Å². The molecule has 23 heavy (non-hydrogen) atoms. The first-order chi connectivity index (χ1) is 10.7. The number of carbonyl (C=O) groups excluding carboxylic acids is 1. The van der Waals surface area contributed by atoms with Crippen LogP contribution in [0.15, 0.2) is 24.3 Å². The number of nitrogens with one attached hydrogen (secondary N) is 1. The Hall–Kier alpha value is -2.24. The molecule has 0 saturated carbocycles. The molecule has 0 saturated heterocycles. The van der Waals surface area contributed by atoms with Gasteiger partial charge in [0.05, 0.1) is 7.11 Å². The maximum atomic E-state index is 11.9. The molecule has 1 rings (SSSR count). The minimum atomic E-state index is -1.04. The summed E-state index contributed by atoms with van der Waals surface area (Å²) in [6.07, 6.45) is 1.07. The Morgan fingerprint density at radius 3 is 2.48 bits per heavy atom. The number of hydrogen-bond acceptors (Lipinski definition) is 4. The smallest absolute Gasteiger partial charge is 0.326 e. The summed E-state index contributed by atoms with van der Waals surface area (Å²) in [7, 11) is 1.54. The molecule has 6 nitrogen and oxygen atoms in total. The highest BCUT2D eigenvalue weighted by Crippen LogP contribution is 2.22. The molecule has 128 valence electrons. The number of rotatable bonds is 8. The lowest BCUT2D eigenvalue weighted by molar-refractivity contribution is -0.142. The number of carbonyl (C=O) groups is 2. The van der Waals surface area contributed by atoms with Crippen molar-refractivity contribution in [3.63, 3.8) is 0 Å². The summed E-state index contributed by atoms with van der Waals surface area (Å²) in [6.45, 7) is 5.84. The second-order valence-electron chi connectivity index (χ2n) is 6.53. The van der Waals surface area contributed by atoms with E-state index < -0.39 is 17.9 Å². The van der Waals surface area contributed by atoms with Crippen molar-refractivity contribution in [2.75, 3.05) is 13.7 Å². The molecule has 0 bridgehead atoms. The lowest BCUT2D eigenvalue weighted by Crippen LogP contribution is -2.43. The predicted octanol–water partition coefficient (Wildman–Crippen LogP) is 2.47. The van der Waals surface area contributed by atoms with Crippen molar-refractivity contribution in [2.45, 2.75) is 39.7 Å². The average molecular weight is 323 g/mol. The molecule has 0 aromatic heterocycles. The molecule has 0 fully saturated rings. The van der Waals surface area contributed by atoms with E-state index in [1.165, 1.54) is 0 Å². The van der Waals surface area contributed by atoms with Gasteiger partial charge in [0.1, 0.15) is 17.5 Å². The molecule has 0 aliphatic heterocycles. The second kappa shape index (κ2) is 8.41. The van der Waals surface area contributed by atoms with E-state index in [4.69, 9.17) is 9.47 Å². The fourth-order valence-corrected chi connectivity index (χ4v) is 1.91. The third-order valence-electron chi connectivity index (χ3n) is 3.23. The topological polar surface area (TPSA) is 84.9 Å². The van der Waals surface area contributed by atoms with Crippen LogP contribution in [-0.2, 0) is 9.59 Å². The number of amides is 1. The summed E-state index contributed by atoms with van der Waals surface area (Å²) >= 11 is 0.